The summed E-state index contributed by atoms with van der Waals surface area (Å²) in [6, 6.07) is 12.0. The minimum absolute atomic E-state index is 0.0515. The number of benzene rings is 2. The minimum atomic E-state index is -1.03. The number of methoxy groups -OCH3 is 1. The van der Waals surface area contributed by atoms with Crippen molar-refractivity contribution < 1.29 is 23.5 Å². The number of hydrogen-bond donors (Lipinski definition) is 1. The van der Waals surface area contributed by atoms with Crippen LogP contribution in [0.25, 0.3) is 11.0 Å². The number of furan rings is 1. The van der Waals surface area contributed by atoms with Gasteiger partial charge in [0, 0.05) is 10.9 Å². The number of anilines is 1. The minimum Gasteiger partial charge on any atom is -0.497 e. The van der Waals surface area contributed by atoms with E-state index in [9.17, 15) is 9.59 Å². The molecule has 0 saturated heterocycles. The van der Waals surface area contributed by atoms with Crippen LogP contribution in [0.15, 0.2) is 46.9 Å². The van der Waals surface area contributed by atoms with Gasteiger partial charge in [-0.25, -0.2) is 4.79 Å². The van der Waals surface area contributed by atoms with Crippen molar-refractivity contribution in [1.82, 2.24) is 0 Å². The Morgan fingerprint density at radius 3 is 2.63 bits per heavy atom. The van der Waals surface area contributed by atoms with Gasteiger partial charge in [-0.05, 0) is 44.2 Å². The molecule has 1 N–H and O–H groups in total. The predicted molar refractivity (Wildman–Crippen MR) is 102 cm³/mol. The number of carbonyl (C=O) groups excluding carboxylic acids is 2. The van der Waals surface area contributed by atoms with Crippen LogP contribution >= 0.6 is 11.6 Å². The van der Waals surface area contributed by atoms with Crippen molar-refractivity contribution >= 4 is 40.1 Å². The lowest BCUT2D eigenvalue weighted by atomic mass is 10.1. The maximum atomic E-state index is 12.5. The van der Waals surface area contributed by atoms with Gasteiger partial charge in [0.2, 0.25) is 5.76 Å². The van der Waals surface area contributed by atoms with Crippen molar-refractivity contribution in [2.75, 3.05) is 12.4 Å². The van der Waals surface area contributed by atoms with E-state index in [0.717, 1.165) is 5.39 Å². The van der Waals surface area contributed by atoms with Crippen LogP contribution in [0.4, 0.5) is 5.69 Å². The highest BCUT2D eigenvalue weighted by atomic mass is 35.5. The molecule has 3 aromatic rings. The molecule has 0 aliphatic heterocycles. The molecule has 7 heteroatoms. The molecule has 0 unspecified atom stereocenters. The summed E-state index contributed by atoms with van der Waals surface area (Å²) in [4.78, 5) is 24.7. The normalized spacial score (nSPS) is 11.9. The third kappa shape index (κ3) is 3.90. The van der Waals surface area contributed by atoms with Crippen LogP contribution in [0, 0.1) is 6.92 Å². The Balaban J connectivity index is 1.74. The summed E-state index contributed by atoms with van der Waals surface area (Å²) < 4.78 is 16.0. The molecule has 0 spiro atoms. The summed E-state index contributed by atoms with van der Waals surface area (Å²) in [6.07, 6.45) is -1.03. The molecule has 0 saturated carbocycles. The summed E-state index contributed by atoms with van der Waals surface area (Å²) in [7, 11) is 1.56. The Morgan fingerprint density at radius 1 is 1.19 bits per heavy atom. The van der Waals surface area contributed by atoms with E-state index < -0.39 is 18.0 Å². The first-order chi connectivity index (χ1) is 12.9. The molecular formula is C20H18ClNO5. The molecule has 1 amide bonds. The van der Waals surface area contributed by atoms with Crippen LogP contribution < -0.4 is 10.1 Å². The van der Waals surface area contributed by atoms with Gasteiger partial charge < -0.3 is 19.2 Å². The lowest BCUT2D eigenvalue weighted by Crippen LogP contribution is -2.30. The Morgan fingerprint density at radius 2 is 1.93 bits per heavy atom. The molecule has 140 valence electrons. The van der Waals surface area contributed by atoms with Gasteiger partial charge in [-0.3, -0.25) is 4.79 Å². The third-order valence-corrected chi connectivity index (χ3v) is 4.44. The summed E-state index contributed by atoms with van der Waals surface area (Å²) in [6.45, 7) is 3.22. The summed E-state index contributed by atoms with van der Waals surface area (Å²) in [5, 5.41) is 3.77. The number of halogens is 1. The van der Waals surface area contributed by atoms with E-state index in [2.05, 4.69) is 5.32 Å². The number of nitrogens with one attached hydrogen (secondary N) is 1. The Kier molecular flexibility index (Phi) is 5.37. The van der Waals surface area contributed by atoms with Crippen LogP contribution in [-0.2, 0) is 9.53 Å². The molecular weight excluding hydrogens is 370 g/mol. The molecule has 6 nitrogen and oxygen atoms in total. The van der Waals surface area contributed by atoms with Crippen molar-refractivity contribution in [2.45, 2.75) is 20.0 Å². The molecule has 0 aliphatic carbocycles. The van der Waals surface area contributed by atoms with Crippen molar-refractivity contribution in [3.8, 4) is 5.75 Å². The molecule has 1 aromatic heterocycles. The van der Waals surface area contributed by atoms with Crippen molar-refractivity contribution in [1.29, 1.82) is 0 Å². The third-order valence-electron chi connectivity index (χ3n) is 4.11. The Bertz CT molecular complexity index is 1010. The summed E-state index contributed by atoms with van der Waals surface area (Å²) in [5.41, 5.74) is 1.60. The van der Waals surface area contributed by atoms with Crippen LogP contribution in [0.2, 0.25) is 5.02 Å². The number of fused-ring (bicyclic) bond motifs is 1. The van der Waals surface area contributed by atoms with Crippen molar-refractivity contribution in [2.24, 2.45) is 0 Å². The molecule has 0 bridgehead atoms. The van der Waals surface area contributed by atoms with Gasteiger partial charge >= 0.3 is 5.97 Å². The molecule has 2 aromatic carbocycles. The van der Waals surface area contributed by atoms with Crippen LogP contribution in [0.5, 0.6) is 5.75 Å². The van der Waals surface area contributed by atoms with E-state index >= 15 is 0 Å². The average Bonchev–Trinajstić information content (AvgIpc) is 2.99. The SMILES string of the molecule is COc1ccc2oc(C(=O)O[C@H](C)C(=O)Nc3ccccc3Cl)c(C)c2c1. The van der Waals surface area contributed by atoms with E-state index in [1.54, 1.807) is 56.5 Å². The van der Waals surface area contributed by atoms with E-state index in [-0.39, 0.29) is 5.76 Å². The number of aryl methyl sites for hydroxylation is 1. The predicted octanol–water partition coefficient (Wildman–Crippen LogP) is 4.59. The van der Waals surface area contributed by atoms with Crippen LogP contribution in [-0.4, -0.2) is 25.1 Å². The molecule has 0 fully saturated rings. The number of esters is 1. The lowest BCUT2D eigenvalue weighted by molar-refractivity contribution is -0.123. The van der Waals surface area contributed by atoms with Gasteiger partial charge in [-0.15, -0.1) is 0 Å². The monoisotopic (exact) mass is 387 g/mol. The fourth-order valence-corrected chi connectivity index (χ4v) is 2.77. The van der Waals surface area contributed by atoms with Crippen LogP contribution in [0.1, 0.15) is 23.0 Å². The highest BCUT2D eigenvalue weighted by molar-refractivity contribution is 6.33. The Hall–Kier alpha value is -2.99. The summed E-state index contributed by atoms with van der Waals surface area (Å²) >= 11 is 6.02. The highest BCUT2D eigenvalue weighted by Gasteiger charge is 2.24. The number of rotatable bonds is 5. The molecule has 0 radical (unpaired) electrons. The topological polar surface area (TPSA) is 77.8 Å². The van der Waals surface area contributed by atoms with E-state index in [1.807, 2.05) is 0 Å². The Labute approximate surface area is 161 Å². The molecule has 3 rings (SSSR count). The van der Waals surface area contributed by atoms with Gasteiger partial charge in [-0.2, -0.15) is 0 Å². The van der Waals surface area contributed by atoms with Gasteiger partial charge in [0.05, 0.1) is 17.8 Å². The largest absolute Gasteiger partial charge is 0.497 e. The van der Waals surface area contributed by atoms with E-state index in [1.165, 1.54) is 6.92 Å². The fraction of sp³-hybridized carbons (Fsp3) is 0.200. The van der Waals surface area contributed by atoms with E-state index in [4.69, 9.17) is 25.5 Å². The van der Waals surface area contributed by atoms with Crippen molar-refractivity contribution in [3.63, 3.8) is 0 Å². The zero-order chi connectivity index (χ0) is 19.6. The molecule has 27 heavy (non-hydrogen) atoms. The van der Waals surface area contributed by atoms with Crippen molar-refractivity contribution in [3.05, 3.63) is 58.8 Å². The number of carbonyl (C=O) groups is 2. The highest BCUT2D eigenvalue weighted by Crippen LogP contribution is 2.29. The second-order valence-electron chi connectivity index (χ2n) is 5.93. The van der Waals surface area contributed by atoms with Crippen LogP contribution in [0.3, 0.4) is 0 Å². The molecule has 1 atom stereocenters. The zero-order valence-electron chi connectivity index (χ0n) is 15.0. The lowest BCUT2D eigenvalue weighted by Gasteiger charge is -2.13. The maximum absolute atomic E-state index is 12.5. The maximum Gasteiger partial charge on any atom is 0.375 e. The second-order valence-corrected chi connectivity index (χ2v) is 6.34. The van der Waals surface area contributed by atoms with E-state index in [0.29, 0.717) is 27.6 Å². The molecule has 0 aliphatic rings. The number of hydrogen-bond acceptors (Lipinski definition) is 5. The van der Waals surface area contributed by atoms with Gasteiger partial charge in [0.25, 0.3) is 5.91 Å². The quantitative estimate of drug-likeness (QED) is 0.648. The smallest absolute Gasteiger partial charge is 0.375 e. The second kappa shape index (κ2) is 7.72. The first-order valence-electron chi connectivity index (χ1n) is 8.24. The molecule has 1 heterocycles. The number of para-hydroxylation sites is 1. The first kappa shape index (κ1) is 18.8. The zero-order valence-corrected chi connectivity index (χ0v) is 15.8. The number of ether oxygens (including phenoxy) is 2. The van der Waals surface area contributed by atoms with Gasteiger partial charge in [0.15, 0.2) is 6.10 Å². The van der Waals surface area contributed by atoms with Gasteiger partial charge in [-0.1, -0.05) is 23.7 Å². The first-order valence-corrected chi connectivity index (χ1v) is 8.62. The van der Waals surface area contributed by atoms with Gasteiger partial charge in [0.1, 0.15) is 11.3 Å². The standard InChI is InChI=1S/C20H18ClNO5/c1-11-14-10-13(25-3)8-9-17(14)27-18(11)20(24)26-12(2)19(23)22-16-7-5-4-6-15(16)21/h4-10,12H,1-3H3,(H,22,23)/t12-/m1/s1. The number of amides is 1. The summed E-state index contributed by atoms with van der Waals surface area (Å²) in [5.74, 6) is -0.509. The fourth-order valence-electron chi connectivity index (χ4n) is 2.59. The average molecular weight is 388 g/mol.